The Morgan fingerprint density at radius 3 is 2.62 bits per heavy atom. The van der Waals surface area contributed by atoms with E-state index in [9.17, 15) is 5.11 Å². The minimum Gasteiger partial charge on any atom is -0.390 e. The van der Waals surface area contributed by atoms with Crippen LogP contribution in [0.2, 0.25) is 0 Å². The Kier molecular flexibility index (Phi) is 5.83. The summed E-state index contributed by atoms with van der Waals surface area (Å²) in [6.45, 7) is 4.87. The van der Waals surface area contributed by atoms with Gasteiger partial charge in [0.05, 0.1) is 19.3 Å². The van der Waals surface area contributed by atoms with E-state index in [1.165, 1.54) is 0 Å². The van der Waals surface area contributed by atoms with Crippen LogP contribution in [0.1, 0.15) is 19.4 Å². The van der Waals surface area contributed by atoms with Gasteiger partial charge in [-0.1, -0.05) is 49.4 Å². The first-order chi connectivity index (χ1) is 7.74. The highest BCUT2D eigenvalue weighted by Crippen LogP contribution is 2.07. The molecule has 0 fully saturated rings. The maximum atomic E-state index is 9.75. The molecule has 0 radical (unpaired) electrons. The first-order valence-electron chi connectivity index (χ1n) is 5.66. The van der Waals surface area contributed by atoms with Gasteiger partial charge in [0.25, 0.3) is 0 Å². The summed E-state index contributed by atoms with van der Waals surface area (Å²) in [5, 5.41) is 9.75. The number of ether oxygens (including phenoxy) is 1. The Morgan fingerprint density at radius 1 is 1.31 bits per heavy atom. The van der Waals surface area contributed by atoms with Crippen LogP contribution >= 0.6 is 0 Å². The van der Waals surface area contributed by atoms with Gasteiger partial charge in [-0.15, -0.1) is 0 Å². The van der Waals surface area contributed by atoms with E-state index in [1.807, 2.05) is 56.3 Å². The van der Waals surface area contributed by atoms with Gasteiger partial charge in [0.2, 0.25) is 0 Å². The topological polar surface area (TPSA) is 29.5 Å². The summed E-state index contributed by atoms with van der Waals surface area (Å²) in [5.74, 6) is 0.140. The molecule has 0 spiro atoms. The first kappa shape index (κ1) is 12.9. The van der Waals surface area contributed by atoms with Gasteiger partial charge in [-0.25, -0.2) is 0 Å². The van der Waals surface area contributed by atoms with Crippen molar-refractivity contribution in [3.8, 4) is 0 Å². The number of rotatable bonds is 6. The predicted molar refractivity (Wildman–Crippen MR) is 66.1 cm³/mol. The van der Waals surface area contributed by atoms with Crippen molar-refractivity contribution in [3.63, 3.8) is 0 Å². The van der Waals surface area contributed by atoms with E-state index in [2.05, 4.69) is 0 Å². The minimum absolute atomic E-state index is 0.140. The van der Waals surface area contributed by atoms with Crippen LogP contribution in [0.5, 0.6) is 0 Å². The predicted octanol–water partition coefficient (Wildman–Crippen LogP) is 2.78. The molecule has 0 aliphatic heterocycles. The number of allylic oxidation sites excluding steroid dienone is 1. The number of aliphatic hydroxyl groups is 1. The van der Waals surface area contributed by atoms with Gasteiger partial charge in [0, 0.05) is 5.92 Å². The summed E-state index contributed by atoms with van der Waals surface area (Å²) in [7, 11) is 0. The summed E-state index contributed by atoms with van der Waals surface area (Å²) in [6.07, 6.45) is 3.50. The maximum Gasteiger partial charge on any atom is 0.0833 e. The van der Waals surface area contributed by atoms with Gasteiger partial charge in [-0.05, 0) is 12.5 Å². The number of hydrogen-bond acceptors (Lipinski definition) is 2. The largest absolute Gasteiger partial charge is 0.390 e. The average Bonchev–Trinajstić information content (AvgIpc) is 2.30. The smallest absolute Gasteiger partial charge is 0.0833 e. The van der Waals surface area contributed by atoms with Gasteiger partial charge in [-0.2, -0.15) is 0 Å². The van der Waals surface area contributed by atoms with Crippen LogP contribution in [-0.2, 0) is 11.3 Å². The Balaban J connectivity index is 2.25. The summed E-state index contributed by atoms with van der Waals surface area (Å²) < 4.78 is 5.47. The van der Waals surface area contributed by atoms with Crippen molar-refractivity contribution in [2.75, 3.05) is 6.61 Å². The summed E-state index contributed by atoms with van der Waals surface area (Å²) in [6, 6.07) is 9.98. The van der Waals surface area contributed by atoms with Crippen molar-refractivity contribution < 1.29 is 9.84 Å². The second kappa shape index (κ2) is 7.20. The van der Waals surface area contributed by atoms with E-state index in [1.54, 1.807) is 0 Å². The van der Waals surface area contributed by atoms with Crippen LogP contribution in [-0.4, -0.2) is 17.8 Å². The third kappa shape index (κ3) is 4.60. The van der Waals surface area contributed by atoms with Crippen molar-refractivity contribution in [1.82, 2.24) is 0 Å². The van der Waals surface area contributed by atoms with Crippen molar-refractivity contribution in [1.29, 1.82) is 0 Å². The Morgan fingerprint density at radius 2 is 2.00 bits per heavy atom. The highest BCUT2D eigenvalue weighted by atomic mass is 16.5. The average molecular weight is 220 g/mol. The fourth-order valence-electron chi connectivity index (χ4n) is 1.46. The molecule has 0 unspecified atom stereocenters. The molecule has 2 nitrogen and oxygen atoms in total. The molecule has 0 heterocycles. The molecule has 88 valence electrons. The monoisotopic (exact) mass is 220 g/mol. The number of aliphatic hydroxyl groups excluding tert-OH is 1. The van der Waals surface area contributed by atoms with Gasteiger partial charge < -0.3 is 9.84 Å². The quantitative estimate of drug-likeness (QED) is 0.747. The lowest BCUT2D eigenvalue weighted by atomic mass is 10.1. The molecule has 16 heavy (non-hydrogen) atoms. The second-order valence-corrected chi connectivity index (χ2v) is 3.95. The molecule has 2 atom stereocenters. The van der Waals surface area contributed by atoms with Crippen LogP contribution in [0, 0.1) is 5.92 Å². The van der Waals surface area contributed by atoms with Crippen LogP contribution in [0.15, 0.2) is 42.5 Å². The fraction of sp³-hybridized carbons (Fsp3) is 0.429. The highest BCUT2D eigenvalue weighted by molar-refractivity contribution is 5.13. The van der Waals surface area contributed by atoms with Crippen LogP contribution in [0.3, 0.4) is 0 Å². The molecule has 0 aliphatic carbocycles. The Hall–Kier alpha value is -1.12. The van der Waals surface area contributed by atoms with Crippen molar-refractivity contribution in [2.45, 2.75) is 26.6 Å². The third-order valence-electron chi connectivity index (χ3n) is 2.50. The molecule has 1 N–H and O–H groups in total. The number of benzene rings is 1. The number of hydrogen-bond donors (Lipinski definition) is 1. The molecule has 0 aromatic heterocycles. The zero-order chi connectivity index (χ0) is 11.8. The zero-order valence-electron chi connectivity index (χ0n) is 9.97. The van der Waals surface area contributed by atoms with Crippen molar-refractivity contribution in [2.24, 2.45) is 5.92 Å². The maximum absolute atomic E-state index is 9.75. The van der Waals surface area contributed by atoms with Crippen molar-refractivity contribution in [3.05, 3.63) is 48.0 Å². The van der Waals surface area contributed by atoms with Crippen LogP contribution in [0.25, 0.3) is 0 Å². The lowest BCUT2D eigenvalue weighted by Crippen LogP contribution is -2.22. The summed E-state index contributed by atoms with van der Waals surface area (Å²) in [4.78, 5) is 0. The third-order valence-corrected chi connectivity index (χ3v) is 2.50. The SMILES string of the molecule is C/C=C\[C@H](C)[C@@H](O)COCc1ccccc1. The van der Waals surface area contributed by atoms with E-state index in [4.69, 9.17) is 4.74 Å². The normalized spacial score (nSPS) is 15.2. The van der Waals surface area contributed by atoms with Gasteiger partial charge >= 0.3 is 0 Å². The van der Waals surface area contributed by atoms with Gasteiger partial charge in [0.15, 0.2) is 0 Å². The Bertz CT molecular complexity index is 306. The molecular weight excluding hydrogens is 200 g/mol. The van der Waals surface area contributed by atoms with Crippen molar-refractivity contribution >= 4 is 0 Å². The first-order valence-corrected chi connectivity index (χ1v) is 5.66. The summed E-state index contributed by atoms with van der Waals surface area (Å²) >= 11 is 0. The molecule has 0 aliphatic rings. The molecule has 2 heteroatoms. The van der Waals surface area contributed by atoms with Gasteiger partial charge in [0.1, 0.15) is 0 Å². The molecule has 0 bridgehead atoms. The molecule has 1 rings (SSSR count). The highest BCUT2D eigenvalue weighted by Gasteiger charge is 2.10. The molecule has 1 aromatic rings. The van der Waals surface area contributed by atoms with E-state index in [-0.39, 0.29) is 5.92 Å². The van der Waals surface area contributed by atoms with Crippen LogP contribution < -0.4 is 0 Å². The molecule has 0 amide bonds. The lowest BCUT2D eigenvalue weighted by Gasteiger charge is -2.15. The minimum atomic E-state index is -0.431. The second-order valence-electron chi connectivity index (χ2n) is 3.95. The van der Waals surface area contributed by atoms with Crippen LogP contribution in [0.4, 0.5) is 0 Å². The zero-order valence-corrected chi connectivity index (χ0v) is 9.97. The lowest BCUT2D eigenvalue weighted by molar-refractivity contribution is 0.0117. The standard InChI is InChI=1S/C14H20O2/c1-3-7-12(2)14(15)11-16-10-13-8-5-4-6-9-13/h3-9,12,14-15H,10-11H2,1-2H3/b7-3-/t12-,14-/m0/s1. The fourth-order valence-corrected chi connectivity index (χ4v) is 1.46. The Labute approximate surface area is 97.6 Å². The van der Waals surface area contributed by atoms with Gasteiger partial charge in [-0.3, -0.25) is 0 Å². The van der Waals surface area contributed by atoms with E-state index in [0.29, 0.717) is 13.2 Å². The van der Waals surface area contributed by atoms with E-state index < -0.39 is 6.10 Å². The molecular formula is C14H20O2. The molecule has 1 aromatic carbocycles. The molecule has 0 saturated carbocycles. The van der Waals surface area contributed by atoms with E-state index >= 15 is 0 Å². The van der Waals surface area contributed by atoms with E-state index in [0.717, 1.165) is 5.56 Å². The summed E-state index contributed by atoms with van der Waals surface area (Å²) in [5.41, 5.74) is 1.13. The molecule has 0 saturated heterocycles.